The van der Waals surface area contributed by atoms with Crippen molar-refractivity contribution < 1.29 is 30.8 Å². The molecular weight excluding hydrogens is 578 g/mol. The highest BCUT2D eigenvalue weighted by atomic mass is 32.2. The topological polar surface area (TPSA) is 132 Å². The molecule has 0 atom stereocenters. The highest BCUT2D eigenvalue weighted by molar-refractivity contribution is 7.94. The second-order valence-electron chi connectivity index (χ2n) is 9.75. The molecule has 0 fully saturated rings. The van der Waals surface area contributed by atoms with Crippen LogP contribution in [0.25, 0.3) is 10.6 Å². The maximum absolute atomic E-state index is 13.2. The number of aromatic nitrogens is 1. The van der Waals surface area contributed by atoms with E-state index < -0.39 is 32.0 Å². The number of sulfonamides is 2. The van der Waals surface area contributed by atoms with Crippen LogP contribution in [0.2, 0.25) is 0 Å². The van der Waals surface area contributed by atoms with Crippen molar-refractivity contribution >= 4 is 43.2 Å². The van der Waals surface area contributed by atoms with Gasteiger partial charge in [0.05, 0.1) is 11.1 Å². The second kappa shape index (κ2) is 11.4. The number of anilines is 1. The predicted octanol–water partition coefficient (Wildman–Crippen LogP) is 5.66. The Morgan fingerprint density at radius 3 is 2.12 bits per heavy atom. The van der Waals surface area contributed by atoms with Gasteiger partial charge in [0.2, 0.25) is 0 Å². The lowest BCUT2D eigenvalue weighted by atomic mass is 9.87. The lowest BCUT2D eigenvalue weighted by Crippen LogP contribution is -2.31. The molecule has 0 aliphatic rings. The van der Waals surface area contributed by atoms with Crippen LogP contribution < -0.4 is 9.44 Å². The Morgan fingerprint density at radius 2 is 1.52 bits per heavy atom. The fourth-order valence-corrected chi connectivity index (χ4v) is 6.55. The largest absolute Gasteiger partial charge is 0.444 e. The SMILES string of the molecule is CC(C)(C)c1ccc(S(=O)(=O)NC(=O)OCc2ccc(NS(=O)(=O)c3cnc(-c4ccc(F)cc4)s3)cc2)cc1. The Kier molecular flexibility index (Phi) is 8.28. The highest BCUT2D eigenvalue weighted by Crippen LogP contribution is 2.29. The molecule has 0 bridgehead atoms. The van der Waals surface area contributed by atoms with Gasteiger partial charge in [0.1, 0.15) is 17.4 Å². The molecule has 13 heteroatoms. The number of amides is 1. The molecule has 0 aliphatic heterocycles. The first-order chi connectivity index (χ1) is 18.7. The molecule has 2 N–H and O–H groups in total. The molecule has 0 saturated heterocycles. The molecule has 40 heavy (non-hydrogen) atoms. The minimum atomic E-state index is -4.12. The number of nitrogens with zero attached hydrogens (tertiary/aromatic N) is 1. The van der Waals surface area contributed by atoms with Gasteiger partial charge in [-0.2, -0.15) is 0 Å². The first kappa shape index (κ1) is 29.2. The molecule has 0 unspecified atom stereocenters. The average Bonchev–Trinajstić information content (AvgIpc) is 3.39. The molecule has 4 aromatic rings. The van der Waals surface area contributed by atoms with Crippen LogP contribution in [-0.4, -0.2) is 27.9 Å². The summed E-state index contributed by atoms with van der Waals surface area (Å²) >= 11 is 0.939. The van der Waals surface area contributed by atoms with Crippen molar-refractivity contribution in [3.63, 3.8) is 0 Å². The summed E-state index contributed by atoms with van der Waals surface area (Å²) in [5, 5.41) is 0.426. The van der Waals surface area contributed by atoms with E-state index in [1.54, 1.807) is 12.1 Å². The molecule has 3 aromatic carbocycles. The normalized spacial score (nSPS) is 12.1. The molecule has 0 saturated carbocycles. The Balaban J connectivity index is 1.33. The van der Waals surface area contributed by atoms with Gasteiger partial charge >= 0.3 is 6.09 Å². The average molecular weight is 604 g/mol. The Morgan fingerprint density at radius 1 is 0.900 bits per heavy atom. The van der Waals surface area contributed by atoms with E-state index in [1.807, 2.05) is 25.5 Å². The van der Waals surface area contributed by atoms with Crippen molar-refractivity contribution in [3.8, 4) is 10.6 Å². The number of carbonyl (C=O) groups is 1. The monoisotopic (exact) mass is 603 g/mol. The van der Waals surface area contributed by atoms with Crippen LogP contribution in [0.5, 0.6) is 0 Å². The van der Waals surface area contributed by atoms with Crippen molar-refractivity contribution in [1.29, 1.82) is 0 Å². The van der Waals surface area contributed by atoms with Gasteiger partial charge in [-0.15, -0.1) is 11.3 Å². The first-order valence-electron chi connectivity index (χ1n) is 11.9. The van der Waals surface area contributed by atoms with Gasteiger partial charge in [0.15, 0.2) is 4.21 Å². The second-order valence-corrected chi connectivity index (χ2v) is 14.4. The molecule has 1 amide bonds. The van der Waals surface area contributed by atoms with Gasteiger partial charge < -0.3 is 4.74 Å². The number of benzene rings is 3. The van der Waals surface area contributed by atoms with E-state index in [9.17, 15) is 26.0 Å². The number of hydrogen-bond acceptors (Lipinski definition) is 8. The summed E-state index contributed by atoms with van der Waals surface area (Å²) in [5.74, 6) is -0.406. The zero-order valence-corrected chi connectivity index (χ0v) is 24.2. The van der Waals surface area contributed by atoms with E-state index in [-0.39, 0.29) is 26.8 Å². The number of rotatable bonds is 8. The summed E-state index contributed by atoms with van der Waals surface area (Å²) in [6.45, 7) is 5.76. The Bertz CT molecular complexity index is 1710. The molecule has 210 valence electrons. The zero-order chi connectivity index (χ0) is 29.1. The summed E-state index contributed by atoms with van der Waals surface area (Å²) < 4.78 is 73.1. The maximum atomic E-state index is 13.2. The highest BCUT2D eigenvalue weighted by Gasteiger charge is 2.21. The van der Waals surface area contributed by atoms with E-state index in [0.29, 0.717) is 16.1 Å². The van der Waals surface area contributed by atoms with E-state index in [1.165, 1.54) is 66.9 Å². The number of thiazole rings is 1. The van der Waals surface area contributed by atoms with E-state index >= 15 is 0 Å². The molecule has 1 heterocycles. The van der Waals surface area contributed by atoms with E-state index in [4.69, 9.17) is 4.74 Å². The van der Waals surface area contributed by atoms with Crippen molar-refractivity contribution in [2.45, 2.75) is 41.9 Å². The van der Waals surface area contributed by atoms with Gasteiger partial charge in [-0.1, -0.05) is 45.0 Å². The number of ether oxygens (including phenoxy) is 1. The first-order valence-corrected chi connectivity index (χ1v) is 15.6. The van der Waals surface area contributed by atoms with Crippen LogP contribution in [0.3, 0.4) is 0 Å². The zero-order valence-electron chi connectivity index (χ0n) is 21.7. The quantitative estimate of drug-likeness (QED) is 0.266. The number of nitrogens with one attached hydrogen (secondary N) is 2. The molecule has 1 aromatic heterocycles. The Labute approximate surface area is 236 Å². The number of carbonyl (C=O) groups excluding carboxylic acids is 1. The van der Waals surface area contributed by atoms with Gasteiger partial charge in [-0.25, -0.2) is 35.7 Å². The molecule has 4 rings (SSSR count). The van der Waals surface area contributed by atoms with Crippen molar-refractivity contribution in [2.75, 3.05) is 4.72 Å². The van der Waals surface area contributed by atoms with Crippen molar-refractivity contribution in [3.05, 3.63) is 95.9 Å². The summed E-state index contributed by atoms with van der Waals surface area (Å²) in [4.78, 5) is 16.2. The van der Waals surface area contributed by atoms with Gasteiger partial charge in [0.25, 0.3) is 20.0 Å². The number of hydrogen-bond donors (Lipinski definition) is 2. The minimum Gasteiger partial charge on any atom is -0.444 e. The smallest absolute Gasteiger partial charge is 0.421 e. The molecule has 0 spiro atoms. The Hall–Kier alpha value is -3.81. The third kappa shape index (κ3) is 7.23. The van der Waals surface area contributed by atoms with Gasteiger partial charge in [0, 0.05) is 11.3 Å². The standard InChI is InChI=1S/C27H26FN3O6S3/c1-27(2,3)20-8-14-23(15-9-20)39(33,34)31-26(32)37-17-18-4-12-22(13-5-18)30-40(35,36)24-16-29-25(38-24)19-6-10-21(28)11-7-19/h4-16,30H,17H2,1-3H3,(H,31,32). The minimum absolute atomic E-state index is 0.0230. The molecule has 9 nitrogen and oxygen atoms in total. The van der Waals surface area contributed by atoms with Crippen molar-refractivity contribution in [1.82, 2.24) is 9.71 Å². The predicted molar refractivity (Wildman–Crippen MR) is 150 cm³/mol. The third-order valence-electron chi connectivity index (χ3n) is 5.66. The van der Waals surface area contributed by atoms with E-state index in [0.717, 1.165) is 16.9 Å². The van der Waals surface area contributed by atoms with E-state index in [2.05, 4.69) is 9.71 Å². The van der Waals surface area contributed by atoms with Gasteiger partial charge in [-0.3, -0.25) is 4.72 Å². The van der Waals surface area contributed by atoms with Crippen LogP contribution in [-0.2, 0) is 36.8 Å². The van der Waals surface area contributed by atoms with Crippen LogP contribution in [0.15, 0.2) is 88.1 Å². The third-order valence-corrected chi connectivity index (χ3v) is 9.88. The lowest BCUT2D eigenvalue weighted by Gasteiger charge is -2.19. The molecular formula is C27H26FN3O6S3. The molecule has 0 radical (unpaired) electrons. The number of halogens is 1. The molecule has 0 aliphatic carbocycles. The van der Waals surface area contributed by atoms with Crippen LogP contribution in [0, 0.1) is 5.82 Å². The van der Waals surface area contributed by atoms with Crippen molar-refractivity contribution in [2.24, 2.45) is 0 Å². The van der Waals surface area contributed by atoms with Crippen LogP contribution >= 0.6 is 11.3 Å². The summed E-state index contributed by atoms with van der Waals surface area (Å²) in [6.07, 6.45) is 0.0753. The van der Waals surface area contributed by atoms with Crippen LogP contribution in [0.1, 0.15) is 31.9 Å². The lowest BCUT2D eigenvalue weighted by molar-refractivity contribution is 0.146. The maximum Gasteiger partial charge on any atom is 0.421 e. The fraction of sp³-hybridized carbons (Fsp3) is 0.185. The van der Waals surface area contributed by atoms with Gasteiger partial charge in [-0.05, 0) is 65.1 Å². The van der Waals surface area contributed by atoms with Crippen LogP contribution in [0.4, 0.5) is 14.9 Å². The summed E-state index contributed by atoms with van der Waals surface area (Å²) in [5.41, 5.74) is 2.14. The fourth-order valence-electron chi connectivity index (χ4n) is 3.47. The summed E-state index contributed by atoms with van der Waals surface area (Å²) in [6, 6.07) is 17.8. The summed E-state index contributed by atoms with van der Waals surface area (Å²) in [7, 11) is -8.05.